The van der Waals surface area contributed by atoms with Crippen molar-refractivity contribution >= 4 is 5.97 Å². The van der Waals surface area contributed by atoms with E-state index >= 15 is 0 Å². The predicted molar refractivity (Wildman–Crippen MR) is 66.7 cm³/mol. The van der Waals surface area contributed by atoms with Crippen molar-refractivity contribution in [3.63, 3.8) is 0 Å². The normalized spacial score (nSPS) is 22.1. The monoisotopic (exact) mass is 243 g/mol. The topological polar surface area (TPSA) is 49.8 Å². The lowest BCUT2D eigenvalue weighted by Gasteiger charge is -2.33. The molecule has 0 aromatic rings. The lowest BCUT2D eigenvalue weighted by Crippen LogP contribution is -2.47. The molecule has 1 N–H and O–H groups in total. The average molecular weight is 243 g/mol. The summed E-state index contributed by atoms with van der Waals surface area (Å²) in [6, 6.07) is 0.0640. The van der Waals surface area contributed by atoms with Crippen LogP contribution < -0.4 is 0 Å². The van der Waals surface area contributed by atoms with Crippen LogP contribution in [0.3, 0.4) is 0 Å². The van der Waals surface area contributed by atoms with E-state index in [1.54, 1.807) is 13.8 Å². The molecule has 1 rings (SSSR count). The van der Waals surface area contributed by atoms with Crippen LogP contribution in [-0.2, 0) is 9.53 Å². The van der Waals surface area contributed by atoms with Crippen LogP contribution in [0, 0.1) is 5.92 Å². The first-order valence-electron chi connectivity index (χ1n) is 6.42. The number of hydrogen-bond donors (Lipinski definition) is 1. The summed E-state index contributed by atoms with van der Waals surface area (Å²) in [6.07, 6.45) is 1.98. The van der Waals surface area contributed by atoms with E-state index in [1.807, 2.05) is 18.7 Å². The van der Waals surface area contributed by atoms with Crippen molar-refractivity contribution in [2.24, 2.45) is 5.92 Å². The van der Waals surface area contributed by atoms with E-state index < -0.39 is 5.60 Å². The molecule has 1 atom stereocenters. The molecule has 1 saturated heterocycles. The zero-order valence-corrected chi connectivity index (χ0v) is 11.4. The highest BCUT2D eigenvalue weighted by Gasteiger charge is 2.36. The molecule has 0 aliphatic carbocycles. The molecule has 17 heavy (non-hydrogen) atoms. The number of carbonyl (C=O) groups excluding carboxylic acids is 1. The summed E-state index contributed by atoms with van der Waals surface area (Å²) >= 11 is 0. The van der Waals surface area contributed by atoms with Gasteiger partial charge in [0.1, 0.15) is 0 Å². The minimum Gasteiger partial charge on any atom is -0.464 e. The molecule has 0 radical (unpaired) electrons. The van der Waals surface area contributed by atoms with Gasteiger partial charge < -0.3 is 9.84 Å². The molecule has 4 heteroatoms. The van der Waals surface area contributed by atoms with Crippen LogP contribution in [0.5, 0.6) is 0 Å². The van der Waals surface area contributed by atoms with E-state index in [0.29, 0.717) is 19.1 Å². The molecule has 0 spiro atoms. The minimum atomic E-state index is -0.755. The lowest BCUT2D eigenvalue weighted by atomic mass is 9.97. The van der Waals surface area contributed by atoms with Crippen LogP contribution in [0.4, 0.5) is 0 Å². The molecular formula is C13H25NO3. The summed E-state index contributed by atoms with van der Waals surface area (Å²) in [7, 11) is 0. The van der Waals surface area contributed by atoms with E-state index in [1.165, 1.54) is 0 Å². The molecule has 1 fully saturated rings. The summed E-state index contributed by atoms with van der Waals surface area (Å²) in [5.41, 5.74) is -0.755. The van der Waals surface area contributed by atoms with Gasteiger partial charge in [-0.2, -0.15) is 0 Å². The number of aliphatic hydroxyl groups is 1. The van der Waals surface area contributed by atoms with Gasteiger partial charge in [-0.3, -0.25) is 9.69 Å². The van der Waals surface area contributed by atoms with Crippen LogP contribution in [0.1, 0.15) is 40.5 Å². The number of hydrogen-bond acceptors (Lipinski definition) is 4. The number of likely N-dealkylation sites (tertiary alicyclic amines) is 1. The highest BCUT2D eigenvalue weighted by atomic mass is 16.5. The van der Waals surface area contributed by atoms with Gasteiger partial charge in [0, 0.05) is 6.04 Å². The number of esters is 1. The molecule has 1 unspecified atom stereocenters. The molecule has 4 nitrogen and oxygen atoms in total. The summed E-state index contributed by atoms with van der Waals surface area (Å²) < 4.78 is 5.16. The molecule has 0 bridgehead atoms. The van der Waals surface area contributed by atoms with Gasteiger partial charge in [-0.1, -0.05) is 13.8 Å². The van der Waals surface area contributed by atoms with E-state index in [-0.39, 0.29) is 12.0 Å². The second-order valence-corrected chi connectivity index (χ2v) is 5.86. The van der Waals surface area contributed by atoms with Crippen molar-refractivity contribution < 1.29 is 14.6 Å². The van der Waals surface area contributed by atoms with Crippen molar-refractivity contribution in [3.8, 4) is 0 Å². The Bertz CT molecular complexity index is 258. The molecule has 1 heterocycles. The van der Waals surface area contributed by atoms with Crippen LogP contribution >= 0.6 is 0 Å². The van der Waals surface area contributed by atoms with Gasteiger partial charge in [0.25, 0.3) is 0 Å². The van der Waals surface area contributed by atoms with Gasteiger partial charge >= 0.3 is 5.97 Å². The van der Waals surface area contributed by atoms with Crippen LogP contribution in [-0.4, -0.2) is 47.3 Å². The molecule has 1 aliphatic rings. The number of carbonyl (C=O) groups is 1. The van der Waals surface area contributed by atoms with E-state index in [0.717, 1.165) is 19.4 Å². The smallest absolute Gasteiger partial charge is 0.320 e. The zero-order chi connectivity index (χ0) is 13.1. The van der Waals surface area contributed by atoms with Gasteiger partial charge in [0.05, 0.1) is 18.8 Å². The standard InChI is InChI=1S/C13H25NO3/c1-10(2)9-17-12(15)8-14-7-5-6-11(14)13(3,4)16/h10-11,16H,5-9H2,1-4H3. The van der Waals surface area contributed by atoms with Crippen molar-refractivity contribution in [1.82, 2.24) is 4.90 Å². The fourth-order valence-corrected chi connectivity index (χ4v) is 2.29. The maximum atomic E-state index is 11.6. The summed E-state index contributed by atoms with van der Waals surface area (Å²) in [4.78, 5) is 13.7. The van der Waals surface area contributed by atoms with Gasteiger partial charge in [-0.15, -0.1) is 0 Å². The van der Waals surface area contributed by atoms with E-state index in [4.69, 9.17) is 4.74 Å². The Hall–Kier alpha value is -0.610. The first-order chi connectivity index (χ1) is 7.80. The second kappa shape index (κ2) is 5.83. The molecule has 1 aliphatic heterocycles. The van der Waals surface area contributed by atoms with E-state index in [2.05, 4.69) is 0 Å². The van der Waals surface area contributed by atoms with Gasteiger partial charge in [0.2, 0.25) is 0 Å². The third-order valence-electron chi connectivity index (χ3n) is 3.09. The Morgan fingerprint density at radius 3 is 2.71 bits per heavy atom. The Morgan fingerprint density at radius 1 is 1.53 bits per heavy atom. The quantitative estimate of drug-likeness (QED) is 0.742. The lowest BCUT2D eigenvalue weighted by molar-refractivity contribution is -0.147. The third kappa shape index (κ3) is 4.64. The van der Waals surface area contributed by atoms with Gasteiger partial charge in [0.15, 0.2) is 0 Å². The third-order valence-corrected chi connectivity index (χ3v) is 3.09. The largest absolute Gasteiger partial charge is 0.464 e. The Balaban J connectivity index is 2.42. The van der Waals surface area contributed by atoms with Gasteiger partial charge in [-0.25, -0.2) is 0 Å². The highest BCUT2D eigenvalue weighted by Crippen LogP contribution is 2.26. The fraction of sp³-hybridized carbons (Fsp3) is 0.923. The highest BCUT2D eigenvalue weighted by molar-refractivity contribution is 5.71. The Labute approximate surface area is 104 Å². The second-order valence-electron chi connectivity index (χ2n) is 5.86. The predicted octanol–water partition coefficient (Wildman–Crippen LogP) is 1.42. The molecular weight excluding hydrogens is 218 g/mol. The SMILES string of the molecule is CC(C)COC(=O)CN1CCCC1C(C)(C)O. The summed E-state index contributed by atoms with van der Waals surface area (Å²) in [5, 5.41) is 10.0. The zero-order valence-electron chi connectivity index (χ0n) is 11.4. The van der Waals surface area contributed by atoms with Crippen LogP contribution in [0.15, 0.2) is 0 Å². The average Bonchev–Trinajstić information content (AvgIpc) is 2.62. The van der Waals surface area contributed by atoms with Crippen molar-refractivity contribution in [2.75, 3.05) is 19.7 Å². The Morgan fingerprint density at radius 2 is 2.18 bits per heavy atom. The van der Waals surface area contributed by atoms with Crippen molar-refractivity contribution in [1.29, 1.82) is 0 Å². The van der Waals surface area contributed by atoms with E-state index in [9.17, 15) is 9.90 Å². The number of nitrogens with zero attached hydrogens (tertiary/aromatic N) is 1. The first-order valence-corrected chi connectivity index (χ1v) is 6.42. The first kappa shape index (κ1) is 14.5. The minimum absolute atomic E-state index is 0.0640. The molecule has 0 aromatic heterocycles. The summed E-state index contributed by atoms with van der Waals surface area (Å²) in [6.45, 7) is 9.27. The number of ether oxygens (including phenoxy) is 1. The van der Waals surface area contributed by atoms with Gasteiger partial charge in [-0.05, 0) is 39.2 Å². The van der Waals surface area contributed by atoms with Crippen LogP contribution in [0.25, 0.3) is 0 Å². The summed E-state index contributed by atoms with van der Waals surface area (Å²) in [5.74, 6) is 0.178. The van der Waals surface area contributed by atoms with Crippen molar-refractivity contribution in [2.45, 2.75) is 52.2 Å². The maximum absolute atomic E-state index is 11.6. The number of rotatable bonds is 5. The maximum Gasteiger partial charge on any atom is 0.320 e. The Kier molecular flexibility index (Phi) is 4.95. The molecule has 100 valence electrons. The molecule has 0 aromatic carbocycles. The molecule has 0 amide bonds. The fourth-order valence-electron chi connectivity index (χ4n) is 2.29. The molecule has 0 saturated carbocycles. The van der Waals surface area contributed by atoms with Crippen molar-refractivity contribution in [3.05, 3.63) is 0 Å². The van der Waals surface area contributed by atoms with Crippen LogP contribution in [0.2, 0.25) is 0 Å².